The van der Waals surface area contributed by atoms with Crippen LogP contribution in [0.25, 0.3) is 21.2 Å². The fraction of sp³-hybridized carbons (Fsp3) is 0.531. The van der Waals surface area contributed by atoms with E-state index in [0.29, 0.717) is 0 Å². The number of thiophene rings is 1. The number of hydrogen-bond acceptors (Lipinski definition) is 3. The van der Waals surface area contributed by atoms with Crippen molar-refractivity contribution >= 4 is 78.0 Å². The molecule has 4 heteroatoms. The number of fused-ring (bicyclic) bond motifs is 10. The Morgan fingerprint density at radius 3 is 1.31 bits per heavy atom. The maximum Gasteiger partial charge on any atom is 0.264 e. The summed E-state index contributed by atoms with van der Waals surface area (Å²) in [5.41, 5.74) is 30.3. The third-order valence-electron chi connectivity index (χ3n) is 23.6. The standard InChI is InChI=1S/C81H103BN2S/c1-47(2)48-37-66-69-67(38-48)84(64-44-60-57(76(13,14)29-32-79(60,19)20)41-53(64)49-35-50(72(3,4)5)39-51(36-49)73(6,7)8)65-45-61-59(78(17,18)31-33-80(61,21)22)43-63(65)82(69)71-70(54-42-58-62(46-68(54)85-71)81(23,24)34-30-77(58,15)16)83(66)52-25-26-55-56(40-52)75(11,12)28-27-74(55,9)10/h25-26,35-47H,27-34H2,1-24H3. The van der Waals surface area contributed by atoms with Crippen LogP contribution in [0.3, 0.4) is 0 Å². The van der Waals surface area contributed by atoms with Crippen LogP contribution < -0.4 is 25.5 Å². The lowest BCUT2D eigenvalue weighted by Crippen LogP contribution is -2.61. The summed E-state index contributed by atoms with van der Waals surface area (Å²) in [6, 6.07) is 37.2. The molecule has 0 bridgehead atoms. The highest BCUT2D eigenvalue weighted by Gasteiger charge is 2.51. The second kappa shape index (κ2) is 18.3. The van der Waals surface area contributed by atoms with Gasteiger partial charge in [-0.15, -0.1) is 11.3 Å². The lowest BCUT2D eigenvalue weighted by molar-refractivity contribution is 0.332. The van der Waals surface area contributed by atoms with Crippen LogP contribution in [0.1, 0.15) is 285 Å². The minimum absolute atomic E-state index is 0.00370. The fourth-order valence-electron chi connectivity index (χ4n) is 16.9. The van der Waals surface area contributed by atoms with Crippen molar-refractivity contribution in [3.63, 3.8) is 0 Å². The Morgan fingerprint density at radius 1 is 0.412 bits per heavy atom. The second-order valence-corrected chi connectivity index (χ2v) is 37.0. The van der Waals surface area contributed by atoms with E-state index in [-0.39, 0.29) is 66.8 Å². The Morgan fingerprint density at radius 2 is 0.824 bits per heavy atom. The predicted octanol–water partition coefficient (Wildman–Crippen LogP) is 21.8. The van der Waals surface area contributed by atoms with Gasteiger partial charge in [0.1, 0.15) is 0 Å². The lowest BCUT2D eigenvalue weighted by Gasteiger charge is -2.48. The summed E-state index contributed by atoms with van der Waals surface area (Å²) < 4.78 is 2.92. The third kappa shape index (κ3) is 9.00. The van der Waals surface area contributed by atoms with Gasteiger partial charge in [-0.1, -0.05) is 197 Å². The zero-order chi connectivity index (χ0) is 61.4. The van der Waals surface area contributed by atoms with E-state index in [1.807, 2.05) is 0 Å². The van der Waals surface area contributed by atoms with Gasteiger partial charge in [0, 0.05) is 43.2 Å². The van der Waals surface area contributed by atoms with Gasteiger partial charge in [0.2, 0.25) is 0 Å². The number of nitrogens with zero attached hydrogens (tertiary/aromatic N) is 2. The highest BCUT2D eigenvalue weighted by atomic mass is 32.1. The van der Waals surface area contributed by atoms with E-state index in [4.69, 9.17) is 0 Å². The number of benzene rings is 6. The number of hydrogen-bond donors (Lipinski definition) is 0. The molecule has 7 aromatic rings. The minimum atomic E-state index is -0.0451. The van der Waals surface area contributed by atoms with Gasteiger partial charge in [0.25, 0.3) is 6.71 Å². The molecule has 3 heterocycles. The highest BCUT2D eigenvalue weighted by Crippen LogP contribution is 2.58. The summed E-state index contributed by atoms with van der Waals surface area (Å²) >= 11 is 2.11. The van der Waals surface area contributed by atoms with Crippen LogP contribution in [0.2, 0.25) is 0 Å². The van der Waals surface area contributed by atoms with Crippen LogP contribution in [-0.2, 0) is 54.1 Å². The first kappa shape index (κ1) is 58.9. The summed E-state index contributed by atoms with van der Waals surface area (Å²) in [7, 11) is 0. The lowest BCUT2D eigenvalue weighted by atomic mass is 9.35. The zero-order valence-corrected chi connectivity index (χ0v) is 58.0. The van der Waals surface area contributed by atoms with E-state index < -0.39 is 0 Å². The molecule has 0 unspecified atom stereocenters. The van der Waals surface area contributed by atoms with Crippen molar-refractivity contribution in [3.05, 3.63) is 146 Å². The van der Waals surface area contributed by atoms with E-state index in [9.17, 15) is 0 Å². The molecule has 0 atom stereocenters. The molecule has 446 valence electrons. The van der Waals surface area contributed by atoms with Gasteiger partial charge in [0.15, 0.2) is 0 Å². The summed E-state index contributed by atoms with van der Waals surface area (Å²) in [4.78, 5) is 5.71. The first-order chi connectivity index (χ1) is 39.1. The van der Waals surface area contributed by atoms with Gasteiger partial charge in [-0.2, -0.15) is 0 Å². The van der Waals surface area contributed by atoms with Crippen molar-refractivity contribution in [2.45, 2.75) is 278 Å². The van der Waals surface area contributed by atoms with Crippen molar-refractivity contribution in [1.82, 2.24) is 0 Å². The molecule has 0 saturated carbocycles. The molecule has 0 radical (unpaired) electrons. The molecule has 4 aliphatic carbocycles. The molecule has 0 spiro atoms. The zero-order valence-electron chi connectivity index (χ0n) is 57.2. The molecular formula is C81H103BN2S. The maximum atomic E-state index is 2.88. The van der Waals surface area contributed by atoms with Crippen molar-refractivity contribution in [1.29, 1.82) is 0 Å². The van der Waals surface area contributed by atoms with Gasteiger partial charge in [-0.3, -0.25) is 0 Å². The largest absolute Gasteiger partial charge is 0.311 e. The Labute approximate surface area is 519 Å². The van der Waals surface area contributed by atoms with Gasteiger partial charge >= 0.3 is 0 Å². The minimum Gasteiger partial charge on any atom is -0.311 e. The molecule has 2 aliphatic heterocycles. The molecule has 0 saturated heterocycles. The Bertz CT molecular complexity index is 3940. The van der Waals surface area contributed by atoms with Crippen LogP contribution in [-0.4, -0.2) is 6.71 Å². The normalized spacial score (nSPS) is 21.4. The second-order valence-electron chi connectivity index (χ2n) is 35.9. The highest BCUT2D eigenvalue weighted by molar-refractivity contribution is 7.33. The van der Waals surface area contributed by atoms with Gasteiger partial charge in [-0.25, -0.2) is 0 Å². The first-order valence-electron chi connectivity index (χ1n) is 33.2. The monoisotopic (exact) mass is 1150 g/mol. The molecule has 13 rings (SSSR count). The van der Waals surface area contributed by atoms with Gasteiger partial charge in [0.05, 0.1) is 11.4 Å². The number of anilines is 6. The van der Waals surface area contributed by atoms with Crippen molar-refractivity contribution < 1.29 is 0 Å². The SMILES string of the molecule is CC(C)c1cc2c3c(c1)N(c1ccc4c(c1)C(C)(C)CCC4(C)C)c1c(sc4cc5c(cc14)C(C)(C)CCC5(C)C)B3c1cc3c(cc1N2c1cc2c(cc1-c1cc(C(C)(C)C)cc(C(C)(C)C)c1)C(C)(C)CCC2(C)C)C(C)(C)CCC3(C)C. The molecule has 2 nitrogen and oxygen atoms in total. The molecule has 0 amide bonds. The summed E-state index contributed by atoms with van der Waals surface area (Å²) in [5, 5.41) is 1.42. The molecular weight excluding hydrogens is 1040 g/mol. The summed E-state index contributed by atoms with van der Waals surface area (Å²) in [5.74, 6) is 0.285. The predicted molar refractivity (Wildman–Crippen MR) is 374 cm³/mol. The van der Waals surface area contributed by atoms with E-state index in [2.05, 4.69) is 272 Å². The third-order valence-corrected chi connectivity index (χ3v) is 24.8. The molecule has 0 fully saturated rings. The smallest absolute Gasteiger partial charge is 0.264 e. The van der Waals surface area contributed by atoms with E-state index in [1.54, 1.807) is 5.56 Å². The van der Waals surface area contributed by atoms with Crippen LogP contribution >= 0.6 is 11.3 Å². The quantitative estimate of drug-likeness (QED) is 0.162. The van der Waals surface area contributed by atoms with Crippen molar-refractivity contribution in [2.75, 3.05) is 9.80 Å². The van der Waals surface area contributed by atoms with Crippen molar-refractivity contribution in [2.24, 2.45) is 0 Å². The van der Waals surface area contributed by atoms with E-state index >= 15 is 0 Å². The molecule has 6 aromatic carbocycles. The molecule has 6 aliphatic rings. The van der Waals surface area contributed by atoms with E-state index in [1.165, 1.54) is 165 Å². The Kier molecular flexibility index (Phi) is 12.7. The van der Waals surface area contributed by atoms with Gasteiger partial charge < -0.3 is 9.80 Å². The van der Waals surface area contributed by atoms with Crippen molar-refractivity contribution in [3.8, 4) is 11.1 Å². The summed E-state index contributed by atoms with van der Waals surface area (Å²) in [6.45, 7) is 59.7. The molecule has 1 aromatic heterocycles. The Hall–Kier alpha value is -5.06. The average Bonchev–Trinajstić information content (AvgIpc) is 1.72. The van der Waals surface area contributed by atoms with Gasteiger partial charge in [-0.05, 0) is 244 Å². The summed E-state index contributed by atoms with van der Waals surface area (Å²) in [6.07, 6.45) is 9.42. The van der Waals surface area contributed by atoms with E-state index in [0.717, 1.165) is 12.8 Å². The molecule has 85 heavy (non-hydrogen) atoms. The molecule has 0 N–H and O–H groups in total. The topological polar surface area (TPSA) is 6.48 Å². The fourth-order valence-corrected chi connectivity index (χ4v) is 18.2. The average molecular weight is 1150 g/mol. The first-order valence-corrected chi connectivity index (χ1v) is 34.0. The van der Waals surface area contributed by atoms with Crippen LogP contribution in [0.15, 0.2) is 84.9 Å². The van der Waals surface area contributed by atoms with Crippen LogP contribution in [0.5, 0.6) is 0 Å². The van der Waals surface area contributed by atoms with Crippen LogP contribution in [0.4, 0.5) is 34.1 Å². The Balaban J connectivity index is 1.22. The van der Waals surface area contributed by atoms with Crippen LogP contribution in [0, 0.1) is 0 Å². The maximum absolute atomic E-state index is 2.88. The number of rotatable bonds is 4.